The van der Waals surface area contributed by atoms with Gasteiger partial charge in [0.25, 0.3) is 0 Å². The van der Waals surface area contributed by atoms with Gasteiger partial charge in [0.2, 0.25) is 0 Å². The molecule has 0 aliphatic carbocycles. The Labute approximate surface area is 112 Å². The highest BCUT2D eigenvalue weighted by Gasteiger charge is 2.33. The molecule has 0 saturated heterocycles. The molecule has 0 amide bonds. The number of nitrogens with two attached hydrogens (primary N) is 1. The summed E-state index contributed by atoms with van der Waals surface area (Å²) in [6.45, 7) is 0. The summed E-state index contributed by atoms with van der Waals surface area (Å²) in [5.41, 5.74) is 5.39. The Morgan fingerprint density at radius 2 is 1.75 bits per heavy atom. The zero-order valence-corrected chi connectivity index (χ0v) is 10.4. The van der Waals surface area contributed by atoms with E-state index in [1.54, 1.807) is 7.05 Å². The van der Waals surface area contributed by atoms with Crippen molar-refractivity contribution in [3.63, 3.8) is 0 Å². The lowest BCUT2D eigenvalue weighted by molar-refractivity contribution is -0.141. The van der Waals surface area contributed by atoms with Crippen molar-refractivity contribution in [1.82, 2.24) is 4.98 Å². The maximum Gasteiger partial charge on any atom is 0.433 e. The predicted octanol–water partition coefficient (Wildman–Crippen LogP) is 3.59. The highest BCUT2D eigenvalue weighted by molar-refractivity contribution is 5.74. The van der Waals surface area contributed by atoms with Gasteiger partial charge < -0.3 is 10.6 Å². The Morgan fingerprint density at radius 1 is 1.15 bits per heavy atom. The molecule has 0 aliphatic heterocycles. The van der Waals surface area contributed by atoms with Crippen LogP contribution in [-0.4, -0.2) is 12.0 Å². The number of aromatic nitrogens is 1. The molecular weight excluding hydrogens is 274 g/mol. The van der Waals surface area contributed by atoms with E-state index in [0.29, 0.717) is 5.69 Å². The van der Waals surface area contributed by atoms with E-state index < -0.39 is 17.7 Å². The molecule has 1 aromatic heterocycles. The van der Waals surface area contributed by atoms with E-state index >= 15 is 0 Å². The fourth-order valence-corrected chi connectivity index (χ4v) is 1.70. The maximum absolute atomic E-state index is 12.9. The van der Waals surface area contributed by atoms with Crippen LogP contribution in [0.1, 0.15) is 5.69 Å². The molecule has 1 heterocycles. The lowest BCUT2D eigenvalue weighted by Gasteiger charge is -2.22. The van der Waals surface area contributed by atoms with Gasteiger partial charge in [-0.2, -0.15) is 13.2 Å². The molecule has 0 atom stereocenters. The van der Waals surface area contributed by atoms with Crippen molar-refractivity contribution >= 4 is 17.1 Å². The number of hydrogen-bond acceptors (Lipinski definition) is 3. The van der Waals surface area contributed by atoms with E-state index in [-0.39, 0.29) is 11.4 Å². The number of alkyl halides is 3. The van der Waals surface area contributed by atoms with Crippen molar-refractivity contribution in [2.45, 2.75) is 6.18 Å². The SMILES string of the molecule is CN(c1ccc(F)cc1)c1cc(C(F)(F)F)ncc1N. The molecule has 3 nitrogen and oxygen atoms in total. The highest BCUT2D eigenvalue weighted by Crippen LogP contribution is 2.34. The summed E-state index contributed by atoms with van der Waals surface area (Å²) >= 11 is 0. The van der Waals surface area contributed by atoms with E-state index in [1.165, 1.54) is 29.2 Å². The second kappa shape index (κ2) is 4.99. The summed E-state index contributed by atoms with van der Waals surface area (Å²) in [6, 6.07) is 6.19. The summed E-state index contributed by atoms with van der Waals surface area (Å²) in [7, 11) is 1.54. The second-order valence-electron chi connectivity index (χ2n) is 4.16. The lowest BCUT2D eigenvalue weighted by atomic mass is 10.2. The first-order valence-electron chi connectivity index (χ1n) is 5.61. The van der Waals surface area contributed by atoms with Gasteiger partial charge in [0, 0.05) is 12.7 Å². The third-order valence-electron chi connectivity index (χ3n) is 2.78. The molecule has 2 N–H and O–H groups in total. The van der Waals surface area contributed by atoms with E-state index in [9.17, 15) is 17.6 Å². The van der Waals surface area contributed by atoms with Crippen LogP contribution in [0, 0.1) is 5.82 Å². The summed E-state index contributed by atoms with van der Waals surface area (Å²) < 4.78 is 50.8. The van der Waals surface area contributed by atoms with Gasteiger partial charge in [0.05, 0.1) is 17.6 Å². The van der Waals surface area contributed by atoms with Crippen LogP contribution in [0.4, 0.5) is 34.6 Å². The van der Waals surface area contributed by atoms with Gasteiger partial charge in [-0.3, -0.25) is 0 Å². The smallest absolute Gasteiger partial charge is 0.396 e. The zero-order chi connectivity index (χ0) is 14.9. The Balaban J connectivity index is 2.43. The van der Waals surface area contributed by atoms with Crippen molar-refractivity contribution in [2.75, 3.05) is 17.7 Å². The van der Waals surface area contributed by atoms with Crippen LogP contribution in [0.5, 0.6) is 0 Å². The molecule has 0 fully saturated rings. The minimum atomic E-state index is -4.55. The molecule has 2 rings (SSSR count). The molecule has 0 radical (unpaired) electrons. The van der Waals surface area contributed by atoms with E-state index in [4.69, 9.17) is 5.73 Å². The number of benzene rings is 1. The molecule has 20 heavy (non-hydrogen) atoms. The predicted molar refractivity (Wildman–Crippen MR) is 68.1 cm³/mol. The van der Waals surface area contributed by atoms with Gasteiger partial charge in [-0.1, -0.05) is 0 Å². The molecular formula is C13H11F4N3. The van der Waals surface area contributed by atoms with Gasteiger partial charge in [-0.25, -0.2) is 9.37 Å². The van der Waals surface area contributed by atoms with Crippen molar-refractivity contribution in [1.29, 1.82) is 0 Å². The van der Waals surface area contributed by atoms with Gasteiger partial charge in [0.15, 0.2) is 0 Å². The van der Waals surface area contributed by atoms with Crippen LogP contribution in [0.15, 0.2) is 36.5 Å². The van der Waals surface area contributed by atoms with Crippen molar-refractivity contribution in [2.24, 2.45) is 0 Å². The Hall–Kier alpha value is -2.31. The number of nitrogens with zero attached hydrogens (tertiary/aromatic N) is 2. The van der Waals surface area contributed by atoms with Gasteiger partial charge in [0.1, 0.15) is 11.5 Å². The summed E-state index contributed by atoms with van der Waals surface area (Å²) in [6.07, 6.45) is -3.59. The fraction of sp³-hybridized carbons (Fsp3) is 0.154. The third-order valence-corrected chi connectivity index (χ3v) is 2.78. The number of halogens is 4. The third kappa shape index (κ3) is 2.81. The minimum Gasteiger partial charge on any atom is -0.396 e. The summed E-state index contributed by atoms with van der Waals surface area (Å²) in [4.78, 5) is 4.70. The van der Waals surface area contributed by atoms with Crippen LogP contribution < -0.4 is 10.6 Å². The van der Waals surface area contributed by atoms with Crippen molar-refractivity contribution < 1.29 is 17.6 Å². The molecule has 0 saturated carbocycles. The van der Waals surface area contributed by atoms with E-state index in [2.05, 4.69) is 4.98 Å². The van der Waals surface area contributed by atoms with Crippen LogP contribution in [-0.2, 0) is 6.18 Å². The van der Waals surface area contributed by atoms with Gasteiger partial charge >= 0.3 is 6.18 Å². The number of hydrogen-bond donors (Lipinski definition) is 1. The first-order chi connectivity index (χ1) is 9.29. The first kappa shape index (κ1) is 14.1. The molecule has 0 unspecified atom stereocenters. The Kier molecular flexibility index (Phi) is 3.52. The van der Waals surface area contributed by atoms with Gasteiger partial charge in [-0.05, 0) is 30.3 Å². The molecule has 0 aliphatic rings. The van der Waals surface area contributed by atoms with Crippen molar-refractivity contribution in [3.05, 3.63) is 48.0 Å². The Morgan fingerprint density at radius 3 is 2.30 bits per heavy atom. The maximum atomic E-state index is 12.9. The summed E-state index contributed by atoms with van der Waals surface area (Å²) in [5, 5.41) is 0. The Bertz CT molecular complexity index is 608. The van der Waals surface area contributed by atoms with Crippen LogP contribution in [0.3, 0.4) is 0 Å². The molecule has 0 bridgehead atoms. The molecule has 2 aromatic rings. The van der Waals surface area contributed by atoms with E-state index in [1.807, 2.05) is 0 Å². The standard InChI is InChI=1S/C13H11F4N3/c1-20(9-4-2-8(14)3-5-9)11-6-12(13(15,16)17)19-7-10(11)18/h2-7H,18H2,1H3. The van der Waals surface area contributed by atoms with E-state index in [0.717, 1.165) is 12.3 Å². The number of rotatable bonds is 2. The van der Waals surface area contributed by atoms with Crippen molar-refractivity contribution in [3.8, 4) is 0 Å². The molecule has 0 spiro atoms. The average molecular weight is 285 g/mol. The fourth-order valence-electron chi connectivity index (χ4n) is 1.70. The largest absolute Gasteiger partial charge is 0.433 e. The second-order valence-corrected chi connectivity index (χ2v) is 4.16. The quantitative estimate of drug-likeness (QED) is 0.857. The highest BCUT2D eigenvalue weighted by atomic mass is 19.4. The van der Waals surface area contributed by atoms with Crippen LogP contribution >= 0.6 is 0 Å². The lowest BCUT2D eigenvalue weighted by Crippen LogP contribution is -2.15. The average Bonchev–Trinajstić information content (AvgIpc) is 2.38. The molecule has 106 valence electrons. The zero-order valence-electron chi connectivity index (χ0n) is 10.4. The van der Waals surface area contributed by atoms with Crippen LogP contribution in [0.2, 0.25) is 0 Å². The topological polar surface area (TPSA) is 42.2 Å². The molecule has 1 aromatic carbocycles. The van der Waals surface area contributed by atoms with Crippen LogP contribution in [0.25, 0.3) is 0 Å². The number of nitrogen functional groups attached to an aromatic ring is 1. The summed E-state index contributed by atoms with van der Waals surface area (Å²) in [5.74, 6) is -0.430. The number of anilines is 3. The minimum absolute atomic E-state index is 0.102. The van der Waals surface area contributed by atoms with Gasteiger partial charge in [-0.15, -0.1) is 0 Å². The number of pyridine rings is 1. The normalized spacial score (nSPS) is 11.4. The monoisotopic (exact) mass is 285 g/mol. The molecule has 7 heteroatoms. The first-order valence-corrected chi connectivity index (χ1v) is 5.61.